The number of nitrogens with one attached hydrogen (secondary N) is 1. The van der Waals surface area contributed by atoms with Gasteiger partial charge in [-0.05, 0) is 36.2 Å². The van der Waals surface area contributed by atoms with Gasteiger partial charge in [-0.15, -0.1) is 11.3 Å². The number of hydrogen-bond donors (Lipinski definition) is 2. The van der Waals surface area contributed by atoms with Crippen LogP contribution >= 0.6 is 22.9 Å². The van der Waals surface area contributed by atoms with Crippen molar-refractivity contribution in [1.82, 2.24) is 15.4 Å². The van der Waals surface area contributed by atoms with E-state index in [1.54, 1.807) is 6.21 Å². The van der Waals surface area contributed by atoms with Gasteiger partial charge in [-0.3, -0.25) is 4.79 Å². The fourth-order valence-electron chi connectivity index (χ4n) is 2.99. The molecule has 3 N–H and O–H groups in total. The average Bonchev–Trinajstić information content (AvgIpc) is 3.11. The van der Waals surface area contributed by atoms with E-state index in [0.717, 1.165) is 16.7 Å². The summed E-state index contributed by atoms with van der Waals surface area (Å²) < 4.78 is 5.81. The number of aryl methyl sites for hydroxylation is 1. The van der Waals surface area contributed by atoms with Crippen LogP contribution in [0.3, 0.4) is 0 Å². The molecule has 0 aliphatic carbocycles. The van der Waals surface area contributed by atoms with Crippen molar-refractivity contribution < 1.29 is 9.53 Å². The number of amides is 1. The van der Waals surface area contributed by atoms with E-state index in [-0.39, 0.29) is 5.91 Å². The van der Waals surface area contributed by atoms with Crippen LogP contribution in [0.2, 0.25) is 5.02 Å². The summed E-state index contributed by atoms with van der Waals surface area (Å²) in [6.45, 7) is 2.17. The molecule has 4 aromatic rings. The van der Waals surface area contributed by atoms with Crippen LogP contribution in [0.5, 0.6) is 5.75 Å². The lowest BCUT2D eigenvalue weighted by molar-refractivity contribution is 0.0958. The summed E-state index contributed by atoms with van der Waals surface area (Å²) in [4.78, 5) is 21.9. The van der Waals surface area contributed by atoms with Crippen LogP contribution in [0.15, 0.2) is 60.0 Å². The molecule has 0 saturated heterocycles. The number of benzene rings is 2. The Morgan fingerprint density at radius 2 is 2.10 bits per heavy atom. The lowest BCUT2D eigenvalue weighted by atomic mass is 10.2. The summed E-state index contributed by atoms with van der Waals surface area (Å²) in [5, 5.41) is 5.42. The highest BCUT2D eigenvalue weighted by Crippen LogP contribution is 2.31. The zero-order valence-corrected chi connectivity index (χ0v) is 18.1. The number of fused-ring (bicyclic) bond motifs is 1. The molecule has 0 aliphatic heterocycles. The number of anilines is 1. The van der Waals surface area contributed by atoms with Gasteiger partial charge in [-0.25, -0.2) is 15.4 Å². The Labute approximate surface area is 187 Å². The maximum absolute atomic E-state index is 12.6. The summed E-state index contributed by atoms with van der Waals surface area (Å²) >= 11 is 7.41. The van der Waals surface area contributed by atoms with Crippen molar-refractivity contribution in [3.8, 4) is 5.75 Å². The van der Waals surface area contributed by atoms with Gasteiger partial charge in [0.1, 0.15) is 29.3 Å². The minimum absolute atomic E-state index is 0.331. The van der Waals surface area contributed by atoms with Crippen molar-refractivity contribution in [2.45, 2.75) is 13.5 Å². The Balaban J connectivity index is 1.42. The molecular formula is C22H18ClN5O2S. The van der Waals surface area contributed by atoms with Crippen molar-refractivity contribution in [3.05, 3.63) is 81.4 Å². The second kappa shape index (κ2) is 9.11. The monoisotopic (exact) mass is 451 g/mol. The smallest absolute Gasteiger partial charge is 0.281 e. The second-order valence-corrected chi connectivity index (χ2v) is 8.05. The zero-order chi connectivity index (χ0) is 21.8. The number of hydrogen-bond acceptors (Lipinski definition) is 7. The van der Waals surface area contributed by atoms with Gasteiger partial charge in [0.05, 0.1) is 16.5 Å². The first-order valence-electron chi connectivity index (χ1n) is 9.32. The van der Waals surface area contributed by atoms with E-state index in [1.165, 1.54) is 17.7 Å². The summed E-state index contributed by atoms with van der Waals surface area (Å²) in [7, 11) is 0. The quantitative estimate of drug-likeness (QED) is 0.330. The van der Waals surface area contributed by atoms with Crippen molar-refractivity contribution in [2.75, 3.05) is 5.73 Å². The van der Waals surface area contributed by atoms with Crippen molar-refractivity contribution in [2.24, 2.45) is 5.10 Å². The molecule has 156 valence electrons. The highest BCUT2D eigenvalue weighted by Gasteiger charge is 2.18. The van der Waals surface area contributed by atoms with E-state index in [0.29, 0.717) is 38.3 Å². The standard InChI is InChI=1S/C22H18ClN5O2S/c1-13-18-20(24)25-12-26-22(18)31-19(13)21(29)28-27-10-14-5-4-7-16(9-14)30-11-15-6-2-3-8-17(15)23/h2-10,12H,11H2,1H3,(H,28,29)(H2,24,25,26)/b27-10-. The third kappa shape index (κ3) is 4.65. The van der Waals surface area contributed by atoms with Gasteiger partial charge < -0.3 is 10.5 Å². The minimum Gasteiger partial charge on any atom is -0.489 e. The number of thiophene rings is 1. The van der Waals surface area contributed by atoms with Gasteiger partial charge >= 0.3 is 0 Å². The molecule has 2 aromatic heterocycles. The summed E-state index contributed by atoms with van der Waals surface area (Å²) in [5.74, 6) is 0.696. The van der Waals surface area contributed by atoms with Crippen LogP contribution < -0.4 is 15.9 Å². The summed E-state index contributed by atoms with van der Waals surface area (Å²) in [6, 6.07) is 14.9. The molecule has 0 saturated carbocycles. The number of nitrogens with two attached hydrogens (primary N) is 1. The number of halogens is 1. The van der Waals surface area contributed by atoms with E-state index in [4.69, 9.17) is 22.1 Å². The number of ether oxygens (including phenoxy) is 1. The fraction of sp³-hybridized carbons (Fsp3) is 0.0909. The van der Waals surface area contributed by atoms with Gasteiger partial charge in [0, 0.05) is 10.6 Å². The van der Waals surface area contributed by atoms with E-state index < -0.39 is 0 Å². The third-order valence-corrected chi connectivity index (χ3v) is 6.12. The zero-order valence-electron chi connectivity index (χ0n) is 16.5. The molecule has 1 amide bonds. The van der Waals surface area contributed by atoms with Crippen LogP contribution in [0.1, 0.15) is 26.4 Å². The van der Waals surface area contributed by atoms with Gasteiger partial charge in [-0.2, -0.15) is 5.10 Å². The third-order valence-electron chi connectivity index (χ3n) is 4.55. The molecule has 0 unspecified atom stereocenters. The van der Waals surface area contributed by atoms with E-state index in [2.05, 4.69) is 20.5 Å². The van der Waals surface area contributed by atoms with Gasteiger partial charge in [0.2, 0.25) is 0 Å². The number of carbonyl (C=O) groups is 1. The SMILES string of the molecule is Cc1c(C(=O)N/N=C\c2cccc(OCc3ccccc3Cl)c2)sc2ncnc(N)c12. The van der Waals surface area contributed by atoms with Gasteiger partial charge in [0.15, 0.2) is 0 Å². The van der Waals surface area contributed by atoms with Gasteiger partial charge in [0.25, 0.3) is 5.91 Å². The number of carbonyl (C=O) groups excluding carboxylic acids is 1. The highest BCUT2D eigenvalue weighted by molar-refractivity contribution is 7.20. The van der Waals surface area contributed by atoms with Crippen LogP contribution in [0.25, 0.3) is 10.2 Å². The number of rotatable bonds is 6. The molecule has 0 aliphatic rings. The van der Waals surface area contributed by atoms with Gasteiger partial charge in [-0.1, -0.05) is 41.9 Å². The molecule has 0 spiro atoms. The van der Waals surface area contributed by atoms with E-state index >= 15 is 0 Å². The molecule has 4 rings (SSSR count). The Hall–Kier alpha value is -3.49. The average molecular weight is 452 g/mol. The van der Waals surface area contributed by atoms with Crippen molar-refractivity contribution in [1.29, 1.82) is 0 Å². The summed E-state index contributed by atoms with van der Waals surface area (Å²) in [6.07, 6.45) is 2.94. The van der Waals surface area contributed by atoms with E-state index in [9.17, 15) is 4.79 Å². The summed E-state index contributed by atoms with van der Waals surface area (Å²) in [5.41, 5.74) is 10.9. The van der Waals surface area contributed by atoms with Crippen molar-refractivity contribution >= 4 is 51.1 Å². The predicted molar refractivity (Wildman–Crippen MR) is 124 cm³/mol. The van der Waals surface area contributed by atoms with Crippen LogP contribution in [0.4, 0.5) is 5.82 Å². The van der Waals surface area contributed by atoms with Crippen LogP contribution in [0, 0.1) is 6.92 Å². The largest absolute Gasteiger partial charge is 0.489 e. The van der Waals surface area contributed by atoms with Crippen LogP contribution in [-0.2, 0) is 6.61 Å². The fourth-order valence-corrected chi connectivity index (χ4v) is 4.23. The molecule has 0 fully saturated rings. The molecular weight excluding hydrogens is 434 g/mol. The molecule has 31 heavy (non-hydrogen) atoms. The number of hydrazone groups is 1. The Morgan fingerprint density at radius 1 is 1.26 bits per heavy atom. The Bertz CT molecular complexity index is 1290. The molecule has 7 nitrogen and oxygen atoms in total. The molecule has 0 radical (unpaired) electrons. The molecule has 0 bridgehead atoms. The Morgan fingerprint density at radius 3 is 2.90 bits per heavy atom. The number of aromatic nitrogens is 2. The lowest BCUT2D eigenvalue weighted by Gasteiger charge is -2.08. The molecule has 2 aromatic carbocycles. The first kappa shape index (κ1) is 20.8. The first-order valence-corrected chi connectivity index (χ1v) is 10.5. The predicted octanol–water partition coefficient (Wildman–Crippen LogP) is 4.58. The maximum Gasteiger partial charge on any atom is 0.281 e. The first-order chi connectivity index (χ1) is 15.0. The van der Waals surface area contributed by atoms with E-state index in [1.807, 2.05) is 55.5 Å². The molecule has 9 heteroatoms. The highest BCUT2D eigenvalue weighted by atomic mass is 35.5. The molecule has 0 atom stereocenters. The maximum atomic E-state index is 12.6. The van der Waals surface area contributed by atoms with Crippen LogP contribution in [-0.4, -0.2) is 22.1 Å². The Kier molecular flexibility index (Phi) is 6.11. The molecule has 2 heterocycles. The minimum atomic E-state index is -0.331. The normalized spacial score (nSPS) is 11.2. The lowest BCUT2D eigenvalue weighted by Crippen LogP contribution is -2.17. The number of nitrogen functional groups attached to an aromatic ring is 1. The van der Waals surface area contributed by atoms with Crippen molar-refractivity contribution in [3.63, 3.8) is 0 Å². The second-order valence-electron chi connectivity index (χ2n) is 6.65. The number of nitrogens with zero attached hydrogens (tertiary/aromatic N) is 3. The topological polar surface area (TPSA) is 102 Å².